The minimum absolute atomic E-state index is 0.0395. The molecular formula is C16H15N3O5. The SMILES string of the molecule is O=C(COc1ccccc1[N+](=O)[O-])NC(=O)NCc1ccccc1. The zero-order chi connectivity index (χ0) is 17.4. The van der Waals surface area contributed by atoms with E-state index >= 15 is 0 Å². The third-order valence-corrected chi connectivity index (χ3v) is 2.97. The number of nitro benzene ring substituents is 1. The van der Waals surface area contributed by atoms with Crippen LogP contribution in [-0.2, 0) is 11.3 Å². The number of para-hydroxylation sites is 2. The molecule has 2 rings (SSSR count). The van der Waals surface area contributed by atoms with E-state index < -0.39 is 23.5 Å². The molecule has 124 valence electrons. The highest BCUT2D eigenvalue weighted by Crippen LogP contribution is 2.25. The van der Waals surface area contributed by atoms with Gasteiger partial charge in [0.2, 0.25) is 0 Å². The molecule has 0 radical (unpaired) electrons. The molecule has 2 aromatic rings. The van der Waals surface area contributed by atoms with Crippen LogP contribution < -0.4 is 15.4 Å². The standard InChI is InChI=1S/C16H15N3O5/c20-15(11-24-14-9-5-4-8-13(14)19(22)23)18-16(21)17-10-12-6-2-1-3-7-12/h1-9H,10-11H2,(H2,17,18,20,21). The van der Waals surface area contributed by atoms with Crippen LogP contribution in [0.4, 0.5) is 10.5 Å². The van der Waals surface area contributed by atoms with Crippen molar-refractivity contribution in [3.8, 4) is 5.75 Å². The van der Waals surface area contributed by atoms with Gasteiger partial charge in [-0.15, -0.1) is 0 Å². The van der Waals surface area contributed by atoms with E-state index in [4.69, 9.17) is 4.74 Å². The molecule has 0 heterocycles. The zero-order valence-corrected chi connectivity index (χ0v) is 12.6. The number of hydrogen-bond acceptors (Lipinski definition) is 5. The van der Waals surface area contributed by atoms with Crippen molar-refractivity contribution in [1.29, 1.82) is 0 Å². The summed E-state index contributed by atoms with van der Waals surface area (Å²) in [6, 6.07) is 14.2. The molecule has 0 bridgehead atoms. The predicted molar refractivity (Wildman–Crippen MR) is 85.4 cm³/mol. The first kappa shape index (κ1) is 16.9. The van der Waals surface area contributed by atoms with Crippen LogP contribution in [-0.4, -0.2) is 23.5 Å². The van der Waals surface area contributed by atoms with E-state index in [0.29, 0.717) is 0 Å². The van der Waals surface area contributed by atoms with Gasteiger partial charge in [0, 0.05) is 12.6 Å². The lowest BCUT2D eigenvalue weighted by atomic mass is 10.2. The van der Waals surface area contributed by atoms with Crippen molar-refractivity contribution in [2.75, 3.05) is 6.61 Å². The van der Waals surface area contributed by atoms with Crippen molar-refractivity contribution in [2.45, 2.75) is 6.54 Å². The number of nitrogens with one attached hydrogen (secondary N) is 2. The van der Waals surface area contributed by atoms with Crippen LogP contribution in [0.2, 0.25) is 0 Å². The summed E-state index contributed by atoms with van der Waals surface area (Å²) in [5.74, 6) is -0.749. The number of nitro groups is 1. The third kappa shape index (κ3) is 5.09. The van der Waals surface area contributed by atoms with Crippen LogP contribution in [0.3, 0.4) is 0 Å². The van der Waals surface area contributed by atoms with Gasteiger partial charge in [0.05, 0.1) is 4.92 Å². The van der Waals surface area contributed by atoms with E-state index in [-0.39, 0.29) is 18.0 Å². The third-order valence-electron chi connectivity index (χ3n) is 2.97. The second kappa shape index (κ2) is 8.28. The smallest absolute Gasteiger partial charge is 0.321 e. The first-order valence-corrected chi connectivity index (χ1v) is 7.04. The Morgan fingerprint density at radius 1 is 1.04 bits per heavy atom. The number of ether oxygens (including phenoxy) is 1. The molecule has 2 aromatic carbocycles. The minimum atomic E-state index is -0.710. The summed E-state index contributed by atoms with van der Waals surface area (Å²) < 4.78 is 5.09. The molecule has 0 aliphatic rings. The molecule has 0 saturated carbocycles. The number of hydrogen-bond donors (Lipinski definition) is 2. The highest BCUT2D eigenvalue weighted by atomic mass is 16.6. The molecule has 0 aromatic heterocycles. The molecule has 8 heteroatoms. The number of benzene rings is 2. The van der Waals surface area contributed by atoms with Crippen molar-refractivity contribution in [3.05, 3.63) is 70.3 Å². The summed E-state index contributed by atoms with van der Waals surface area (Å²) in [7, 11) is 0. The molecule has 0 unspecified atom stereocenters. The maximum Gasteiger partial charge on any atom is 0.321 e. The maximum absolute atomic E-state index is 11.7. The fourth-order valence-corrected chi connectivity index (χ4v) is 1.86. The first-order valence-electron chi connectivity index (χ1n) is 7.04. The van der Waals surface area contributed by atoms with E-state index in [9.17, 15) is 19.7 Å². The van der Waals surface area contributed by atoms with Gasteiger partial charge in [-0.05, 0) is 11.6 Å². The summed E-state index contributed by atoms with van der Waals surface area (Å²) in [6.45, 7) is -0.241. The normalized spacial score (nSPS) is 9.83. The topological polar surface area (TPSA) is 111 Å². The molecule has 2 N–H and O–H groups in total. The predicted octanol–water partition coefficient (Wildman–Crippen LogP) is 2.00. The number of carbonyl (C=O) groups excluding carboxylic acids is 2. The van der Waals surface area contributed by atoms with Gasteiger partial charge in [0.15, 0.2) is 12.4 Å². The number of rotatable bonds is 6. The van der Waals surface area contributed by atoms with Crippen LogP contribution in [0.15, 0.2) is 54.6 Å². The minimum Gasteiger partial charge on any atom is -0.477 e. The average Bonchev–Trinajstić information content (AvgIpc) is 2.59. The Hall–Kier alpha value is -3.42. The molecular weight excluding hydrogens is 314 g/mol. The summed E-state index contributed by atoms with van der Waals surface area (Å²) in [4.78, 5) is 33.5. The van der Waals surface area contributed by atoms with Gasteiger partial charge in [-0.25, -0.2) is 4.79 Å². The molecule has 0 aliphatic heterocycles. The van der Waals surface area contributed by atoms with Crippen molar-refractivity contribution >= 4 is 17.6 Å². The zero-order valence-electron chi connectivity index (χ0n) is 12.6. The van der Waals surface area contributed by atoms with Crippen LogP contribution >= 0.6 is 0 Å². The van der Waals surface area contributed by atoms with Crippen LogP contribution in [0.1, 0.15) is 5.56 Å². The largest absolute Gasteiger partial charge is 0.477 e. The lowest BCUT2D eigenvalue weighted by molar-refractivity contribution is -0.385. The Balaban J connectivity index is 1.79. The lowest BCUT2D eigenvalue weighted by Gasteiger charge is -2.08. The number of urea groups is 1. The molecule has 0 aliphatic carbocycles. The first-order chi connectivity index (χ1) is 11.6. The quantitative estimate of drug-likeness (QED) is 0.622. The molecule has 0 spiro atoms. The number of imide groups is 1. The summed E-state index contributed by atoms with van der Waals surface area (Å²) >= 11 is 0. The van der Waals surface area contributed by atoms with E-state index in [0.717, 1.165) is 5.56 Å². The highest BCUT2D eigenvalue weighted by Gasteiger charge is 2.15. The second-order valence-corrected chi connectivity index (χ2v) is 4.73. The van der Waals surface area contributed by atoms with Crippen molar-refractivity contribution in [3.63, 3.8) is 0 Å². The van der Waals surface area contributed by atoms with Crippen molar-refractivity contribution in [2.24, 2.45) is 0 Å². The summed E-state index contributed by atoms with van der Waals surface area (Å²) in [6.07, 6.45) is 0. The van der Waals surface area contributed by atoms with Gasteiger partial charge >= 0.3 is 11.7 Å². The molecule has 0 atom stereocenters. The molecule has 0 fully saturated rings. The Morgan fingerprint density at radius 2 is 1.71 bits per heavy atom. The highest BCUT2D eigenvalue weighted by molar-refractivity contribution is 5.95. The average molecular weight is 329 g/mol. The van der Waals surface area contributed by atoms with Gasteiger partial charge in [0.25, 0.3) is 5.91 Å². The fourth-order valence-electron chi connectivity index (χ4n) is 1.86. The van der Waals surface area contributed by atoms with Gasteiger partial charge in [-0.2, -0.15) is 0 Å². The van der Waals surface area contributed by atoms with Gasteiger partial charge < -0.3 is 10.1 Å². The van der Waals surface area contributed by atoms with Crippen LogP contribution in [0.5, 0.6) is 5.75 Å². The number of amides is 3. The van der Waals surface area contributed by atoms with Gasteiger partial charge in [-0.1, -0.05) is 42.5 Å². The van der Waals surface area contributed by atoms with E-state index in [1.54, 1.807) is 6.07 Å². The summed E-state index contributed by atoms with van der Waals surface area (Å²) in [5, 5.41) is 15.4. The van der Waals surface area contributed by atoms with E-state index in [2.05, 4.69) is 10.6 Å². The Kier molecular flexibility index (Phi) is 5.84. The Morgan fingerprint density at radius 3 is 2.42 bits per heavy atom. The fraction of sp³-hybridized carbons (Fsp3) is 0.125. The van der Waals surface area contributed by atoms with Crippen molar-refractivity contribution in [1.82, 2.24) is 10.6 Å². The van der Waals surface area contributed by atoms with E-state index in [1.807, 2.05) is 30.3 Å². The molecule has 0 saturated heterocycles. The Bertz CT molecular complexity index is 734. The monoisotopic (exact) mass is 329 g/mol. The van der Waals surface area contributed by atoms with Crippen molar-refractivity contribution < 1.29 is 19.2 Å². The van der Waals surface area contributed by atoms with E-state index in [1.165, 1.54) is 18.2 Å². The number of nitrogens with zero attached hydrogens (tertiary/aromatic N) is 1. The Labute approximate surface area is 137 Å². The number of carbonyl (C=O) groups is 2. The summed E-state index contributed by atoms with van der Waals surface area (Å²) in [5.41, 5.74) is 0.634. The molecule has 3 amide bonds. The van der Waals surface area contributed by atoms with Gasteiger partial charge in [-0.3, -0.25) is 20.2 Å². The maximum atomic E-state index is 11.7. The van der Waals surface area contributed by atoms with Crippen LogP contribution in [0.25, 0.3) is 0 Å². The molecule has 24 heavy (non-hydrogen) atoms. The van der Waals surface area contributed by atoms with Crippen LogP contribution in [0, 0.1) is 10.1 Å². The van der Waals surface area contributed by atoms with Gasteiger partial charge in [0.1, 0.15) is 0 Å². The lowest BCUT2D eigenvalue weighted by Crippen LogP contribution is -2.41. The molecule has 8 nitrogen and oxygen atoms in total. The second-order valence-electron chi connectivity index (χ2n) is 4.73.